The molecule has 2 aromatic rings. The Morgan fingerprint density at radius 2 is 2.28 bits per heavy atom. The fourth-order valence-electron chi connectivity index (χ4n) is 1.64. The van der Waals surface area contributed by atoms with E-state index < -0.39 is 0 Å². The second kappa shape index (κ2) is 5.73. The Bertz CT molecular complexity index is 551. The highest BCUT2D eigenvalue weighted by Crippen LogP contribution is 2.08. The first-order chi connectivity index (χ1) is 8.66. The molecule has 94 valence electrons. The average Bonchev–Trinajstić information content (AvgIpc) is 2.78. The number of amides is 1. The van der Waals surface area contributed by atoms with Gasteiger partial charge in [-0.3, -0.25) is 9.78 Å². The predicted octanol–water partition coefficient (Wildman–Crippen LogP) is 2.13. The molecular formula is C13H15N3OS. The molecule has 18 heavy (non-hydrogen) atoms. The van der Waals surface area contributed by atoms with Crippen molar-refractivity contribution in [1.29, 1.82) is 0 Å². The number of nitrogens with zero attached hydrogens (tertiary/aromatic N) is 2. The minimum atomic E-state index is -0.118. The van der Waals surface area contributed by atoms with E-state index in [9.17, 15) is 4.79 Å². The standard InChI is InChI=1S/C13H15N3OS/c1-9-4-3-6-14-11(9)5-7-15-13(17)12-8-10(2)18-16-12/h3-4,6,8H,5,7H2,1-2H3,(H,15,17). The quantitative estimate of drug-likeness (QED) is 0.917. The van der Waals surface area contributed by atoms with Crippen molar-refractivity contribution in [1.82, 2.24) is 14.7 Å². The molecule has 0 atom stereocenters. The molecule has 1 N–H and O–H groups in total. The molecule has 0 unspecified atom stereocenters. The molecular weight excluding hydrogens is 246 g/mol. The fourth-order valence-corrected chi connectivity index (χ4v) is 2.18. The van der Waals surface area contributed by atoms with Crippen molar-refractivity contribution < 1.29 is 4.79 Å². The number of hydrogen-bond donors (Lipinski definition) is 1. The van der Waals surface area contributed by atoms with Crippen LogP contribution in [0.5, 0.6) is 0 Å². The van der Waals surface area contributed by atoms with Crippen molar-refractivity contribution >= 4 is 17.4 Å². The van der Waals surface area contributed by atoms with Crippen LogP contribution in [0.1, 0.15) is 26.6 Å². The number of hydrogen-bond acceptors (Lipinski definition) is 4. The minimum Gasteiger partial charge on any atom is -0.350 e. The first-order valence-electron chi connectivity index (χ1n) is 5.79. The van der Waals surface area contributed by atoms with E-state index in [0.29, 0.717) is 12.2 Å². The van der Waals surface area contributed by atoms with Crippen molar-refractivity contribution in [2.45, 2.75) is 20.3 Å². The van der Waals surface area contributed by atoms with E-state index in [1.165, 1.54) is 11.5 Å². The molecule has 0 aromatic carbocycles. The van der Waals surface area contributed by atoms with E-state index in [-0.39, 0.29) is 5.91 Å². The van der Waals surface area contributed by atoms with Gasteiger partial charge in [0.25, 0.3) is 5.91 Å². The van der Waals surface area contributed by atoms with Crippen LogP contribution in [0, 0.1) is 13.8 Å². The Morgan fingerprint density at radius 1 is 1.44 bits per heavy atom. The van der Waals surface area contributed by atoms with E-state index in [2.05, 4.69) is 14.7 Å². The van der Waals surface area contributed by atoms with Crippen molar-refractivity contribution in [3.8, 4) is 0 Å². The van der Waals surface area contributed by atoms with Crippen LogP contribution in [-0.4, -0.2) is 21.8 Å². The number of carbonyl (C=O) groups is 1. The Kier molecular flexibility index (Phi) is 4.04. The third kappa shape index (κ3) is 3.13. The molecule has 2 rings (SSSR count). The van der Waals surface area contributed by atoms with Gasteiger partial charge in [-0.1, -0.05) is 6.07 Å². The Morgan fingerprint density at radius 3 is 2.94 bits per heavy atom. The van der Waals surface area contributed by atoms with Crippen molar-refractivity contribution in [3.05, 3.63) is 46.2 Å². The third-order valence-corrected chi connectivity index (χ3v) is 3.32. The summed E-state index contributed by atoms with van der Waals surface area (Å²) in [7, 11) is 0. The highest BCUT2D eigenvalue weighted by atomic mass is 32.1. The van der Waals surface area contributed by atoms with E-state index in [1.807, 2.05) is 26.0 Å². The van der Waals surface area contributed by atoms with Crippen molar-refractivity contribution in [2.24, 2.45) is 0 Å². The first kappa shape index (κ1) is 12.7. The molecule has 0 spiro atoms. The summed E-state index contributed by atoms with van der Waals surface area (Å²) in [6.45, 7) is 4.53. The number of aromatic nitrogens is 2. The summed E-state index contributed by atoms with van der Waals surface area (Å²) in [5.41, 5.74) is 2.67. The van der Waals surface area contributed by atoms with E-state index in [4.69, 9.17) is 0 Å². The van der Waals surface area contributed by atoms with Crippen molar-refractivity contribution in [2.75, 3.05) is 6.54 Å². The molecule has 0 fully saturated rings. The second-order valence-electron chi connectivity index (χ2n) is 4.10. The lowest BCUT2D eigenvalue weighted by atomic mass is 10.1. The number of carbonyl (C=O) groups excluding carboxylic acids is 1. The lowest BCUT2D eigenvalue weighted by Gasteiger charge is -2.05. The Balaban J connectivity index is 1.86. The van der Waals surface area contributed by atoms with Crippen LogP contribution in [0.3, 0.4) is 0 Å². The van der Waals surface area contributed by atoms with E-state index in [0.717, 1.165) is 22.6 Å². The zero-order chi connectivity index (χ0) is 13.0. The monoisotopic (exact) mass is 261 g/mol. The number of nitrogens with one attached hydrogen (secondary N) is 1. The summed E-state index contributed by atoms with van der Waals surface area (Å²) in [4.78, 5) is 17.1. The van der Waals surface area contributed by atoms with Gasteiger partial charge in [0.1, 0.15) is 5.69 Å². The van der Waals surface area contributed by atoms with Crippen LogP contribution >= 0.6 is 11.5 Å². The molecule has 0 aliphatic rings. The van der Waals surface area contributed by atoms with Gasteiger partial charge < -0.3 is 5.32 Å². The van der Waals surface area contributed by atoms with Gasteiger partial charge >= 0.3 is 0 Å². The lowest BCUT2D eigenvalue weighted by Crippen LogP contribution is -2.26. The van der Waals surface area contributed by atoms with Gasteiger partial charge in [0, 0.05) is 29.7 Å². The maximum atomic E-state index is 11.7. The summed E-state index contributed by atoms with van der Waals surface area (Å²) >= 11 is 1.34. The SMILES string of the molecule is Cc1cc(C(=O)NCCc2ncccc2C)ns1. The molecule has 2 aromatic heterocycles. The topological polar surface area (TPSA) is 54.9 Å². The van der Waals surface area contributed by atoms with Crippen molar-refractivity contribution in [3.63, 3.8) is 0 Å². The molecule has 0 bridgehead atoms. The smallest absolute Gasteiger partial charge is 0.271 e. The largest absolute Gasteiger partial charge is 0.350 e. The third-order valence-electron chi connectivity index (χ3n) is 2.63. The van der Waals surface area contributed by atoms with Crippen LogP contribution in [0.15, 0.2) is 24.4 Å². The highest BCUT2D eigenvalue weighted by molar-refractivity contribution is 7.05. The molecule has 4 nitrogen and oxygen atoms in total. The lowest BCUT2D eigenvalue weighted by molar-refractivity contribution is 0.0950. The molecule has 0 radical (unpaired) electrons. The summed E-state index contributed by atoms with van der Waals surface area (Å²) in [6, 6.07) is 5.73. The summed E-state index contributed by atoms with van der Waals surface area (Å²) in [6.07, 6.45) is 2.51. The highest BCUT2D eigenvalue weighted by Gasteiger charge is 2.08. The molecule has 5 heteroatoms. The molecule has 0 saturated heterocycles. The molecule has 0 aliphatic heterocycles. The molecule has 1 amide bonds. The van der Waals surface area contributed by atoms with Crippen LogP contribution in [0.25, 0.3) is 0 Å². The summed E-state index contributed by atoms with van der Waals surface area (Å²) < 4.78 is 4.07. The average molecular weight is 261 g/mol. The van der Waals surface area contributed by atoms with Gasteiger partial charge in [-0.2, -0.15) is 4.37 Å². The van der Waals surface area contributed by atoms with Gasteiger partial charge in [-0.25, -0.2) is 0 Å². The van der Waals surface area contributed by atoms with E-state index >= 15 is 0 Å². The maximum Gasteiger partial charge on any atom is 0.271 e. The molecule has 2 heterocycles. The fraction of sp³-hybridized carbons (Fsp3) is 0.308. The first-order valence-corrected chi connectivity index (χ1v) is 6.56. The summed E-state index contributed by atoms with van der Waals surface area (Å²) in [5, 5.41) is 2.85. The van der Waals surface area contributed by atoms with Gasteiger partial charge in [-0.05, 0) is 43.1 Å². The maximum absolute atomic E-state index is 11.7. The zero-order valence-corrected chi connectivity index (χ0v) is 11.3. The molecule has 0 saturated carbocycles. The van der Waals surface area contributed by atoms with Gasteiger partial charge in [0.2, 0.25) is 0 Å². The van der Waals surface area contributed by atoms with Gasteiger partial charge in [0.15, 0.2) is 0 Å². The number of rotatable bonds is 4. The number of pyridine rings is 1. The van der Waals surface area contributed by atoms with Crippen LogP contribution in [-0.2, 0) is 6.42 Å². The predicted molar refractivity (Wildman–Crippen MR) is 71.9 cm³/mol. The normalized spacial score (nSPS) is 10.3. The van der Waals surface area contributed by atoms with Gasteiger partial charge in [0.05, 0.1) is 0 Å². The second-order valence-corrected chi connectivity index (χ2v) is 5.10. The van der Waals surface area contributed by atoms with E-state index in [1.54, 1.807) is 12.3 Å². The minimum absolute atomic E-state index is 0.118. The summed E-state index contributed by atoms with van der Waals surface area (Å²) in [5.74, 6) is -0.118. The van der Waals surface area contributed by atoms with Crippen LogP contribution in [0.2, 0.25) is 0 Å². The zero-order valence-electron chi connectivity index (χ0n) is 10.4. The van der Waals surface area contributed by atoms with Crippen LogP contribution < -0.4 is 5.32 Å². The Labute approximate surface area is 110 Å². The van der Waals surface area contributed by atoms with Crippen LogP contribution in [0.4, 0.5) is 0 Å². The molecule has 0 aliphatic carbocycles. The Hall–Kier alpha value is -1.75. The van der Waals surface area contributed by atoms with Gasteiger partial charge in [-0.15, -0.1) is 0 Å². The number of aryl methyl sites for hydroxylation is 2.